The van der Waals surface area contributed by atoms with Crippen molar-refractivity contribution < 1.29 is 4.79 Å². The van der Waals surface area contributed by atoms with Crippen LogP contribution in [0.2, 0.25) is 0 Å². The first-order valence-corrected chi connectivity index (χ1v) is 9.08. The van der Waals surface area contributed by atoms with Gasteiger partial charge in [-0.2, -0.15) is 0 Å². The summed E-state index contributed by atoms with van der Waals surface area (Å²) < 4.78 is 1.81. The van der Waals surface area contributed by atoms with Crippen molar-refractivity contribution >= 4 is 17.3 Å². The Morgan fingerprint density at radius 2 is 1.81 bits per heavy atom. The number of rotatable bonds is 2. The zero-order chi connectivity index (χ0) is 19.0. The molecule has 138 valence electrons. The van der Waals surface area contributed by atoms with Crippen molar-refractivity contribution in [2.75, 3.05) is 22.9 Å². The fraction of sp³-hybridized carbons (Fsp3) is 0.286. The lowest BCUT2D eigenvalue weighted by Crippen LogP contribution is -2.51. The number of para-hydroxylation sites is 2. The highest BCUT2D eigenvalue weighted by atomic mass is 16.2. The van der Waals surface area contributed by atoms with Gasteiger partial charge in [0.15, 0.2) is 0 Å². The molecule has 2 aromatic heterocycles. The molecule has 27 heavy (non-hydrogen) atoms. The van der Waals surface area contributed by atoms with Crippen LogP contribution in [0.15, 0.2) is 61.3 Å². The number of imidazole rings is 1. The summed E-state index contributed by atoms with van der Waals surface area (Å²) in [6, 6.07) is 11.8. The second-order valence-corrected chi connectivity index (χ2v) is 7.64. The van der Waals surface area contributed by atoms with E-state index < -0.39 is 0 Å². The molecule has 1 aliphatic rings. The first kappa shape index (κ1) is 17.3. The average Bonchev–Trinajstić information content (AvgIpc) is 3.21. The van der Waals surface area contributed by atoms with Gasteiger partial charge in [-0.1, -0.05) is 12.1 Å². The lowest BCUT2D eigenvalue weighted by Gasteiger charge is -2.44. The molecule has 3 aromatic rings. The molecule has 0 radical (unpaired) electrons. The SMILES string of the molecule is CC(C)(C)N1CCN(C(=O)c2ccc(-n3ccnc3)nc2)c2ccccc21. The molecule has 0 unspecified atom stereocenters. The first-order valence-electron chi connectivity index (χ1n) is 9.08. The van der Waals surface area contributed by atoms with Gasteiger partial charge >= 0.3 is 0 Å². The van der Waals surface area contributed by atoms with Gasteiger partial charge in [0.25, 0.3) is 5.91 Å². The van der Waals surface area contributed by atoms with Crippen molar-refractivity contribution in [3.63, 3.8) is 0 Å². The van der Waals surface area contributed by atoms with Crippen LogP contribution in [0.3, 0.4) is 0 Å². The highest BCUT2D eigenvalue weighted by Gasteiger charge is 2.32. The van der Waals surface area contributed by atoms with Crippen molar-refractivity contribution in [1.29, 1.82) is 0 Å². The molecule has 0 N–H and O–H groups in total. The van der Waals surface area contributed by atoms with Crippen molar-refractivity contribution in [2.24, 2.45) is 0 Å². The fourth-order valence-corrected chi connectivity index (χ4v) is 3.49. The Morgan fingerprint density at radius 3 is 2.44 bits per heavy atom. The summed E-state index contributed by atoms with van der Waals surface area (Å²) in [4.78, 5) is 25.8. The number of carbonyl (C=O) groups is 1. The van der Waals surface area contributed by atoms with Gasteiger partial charge in [-0.3, -0.25) is 9.36 Å². The normalized spacial score (nSPS) is 14.2. The first-order chi connectivity index (χ1) is 12.9. The number of hydrogen-bond donors (Lipinski definition) is 0. The van der Waals surface area contributed by atoms with Gasteiger partial charge in [-0.15, -0.1) is 0 Å². The minimum Gasteiger partial charge on any atom is -0.363 e. The average molecular weight is 361 g/mol. The maximum absolute atomic E-state index is 13.2. The number of pyridine rings is 1. The molecule has 1 aromatic carbocycles. The standard InChI is InChI=1S/C21H23N5O/c1-21(2,3)26-13-12-25(17-6-4-5-7-18(17)26)20(27)16-8-9-19(23-14-16)24-11-10-22-15-24/h4-11,14-15H,12-13H2,1-3H3. The van der Waals surface area contributed by atoms with Gasteiger partial charge in [-0.25, -0.2) is 9.97 Å². The summed E-state index contributed by atoms with van der Waals surface area (Å²) in [5.41, 5.74) is 2.62. The van der Waals surface area contributed by atoms with E-state index in [9.17, 15) is 4.79 Å². The zero-order valence-electron chi connectivity index (χ0n) is 15.8. The minimum atomic E-state index is -0.0271. The topological polar surface area (TPSA) is 54.3 Å². The summed E-state index contributed by atoms with van der Waals surface area (Å²) >= 11 is 0. The number of benzene rings is 1. The van der Waals surface area contributed by atoms with Gasteiger partial charge in [0, 0.05) is 37.2 Å². The van der Waals surface area contributed by atoms with E-state index in [1.807, 2.05) is 46.0 Å². The predicted octanol–water partition coefficient (Wildman–Crippen LogP) is 3.53. The Hall–Kier alpha value is -3.15. The third kappa shape index (κ3) is 3.18. The molecule has 6 nitrogen and oxygen atoms in total. The zero-order valence-corrected chi connectivity index (χ0v) is 15.8. The van der Waals surface area contributed by atoms with Crippen LogP contribution in [0.5, 0.6) is 0 Å². The maximum Gasteiger partial charge on any atom is 0.259 e. The summed E-state index contributed by atoms with van der Waals surface area (Å²) in [5, 5.41) is 0. The molecular weight excluding hydrogens is 338 g/mol. The Kier molecular flexibility index (Phi) is 4.18. The predicted molar refractivity (Wildman–Crippen MR) is 107 cm³/mol. The lowest BCUT2D eigenvalue weighted by molar-refractivity contribution is 0.0985. The number of nitrogens with zero attached hydrogens (tertiary/aromatic N) is 5. The smallest absolute Gasteiger partial charge is 0.259 e. The van der Waals surface area contributed by atoms with Crippen LogP contribution in [-0.4, -0.2) is 39.1 Å². The van der Waals surface area contributed by atoms with Gasteiger partial charge < -0.3 is 9.80 Å². The van der Waals surface area contributed by atoms with Crippen molar-refractivity contribution in [3.05, 3.63) is 66.9 Å². The van der Waals surface area contributed by atoms with E-state index in [0.29, 0.717) is 12.1 Å². The maximum atomic E-state index is 13.2. The highest BCUT2D eigenvalue weighted by molar-refractivity contribution is 6.08. The van der Waals surface area contributed by atoms with E-state index in [-0.39, 0.29) is 11.4 Å². The molecule has 0 aliphatic carbocycles. The van der Waals surface area contributed by atoms with Gasteiger partial charge in [0.1, 0.15) is 12.1 Å². The van der Waals surface area contributed by atoms with Crippen LogP contribution >= 0.6 is 0 Å². The van der Waals surface area contributed by atoms with E-state index in [0.717, 1.165) is 23.7 Å². The summed E-state index contributed by atoms with van der Waals surface area (Å²) in [7, 11) is 0. The van der Waals surface area contributed by atoms with Crippen molar-refractivity contribution in [3.8, 4) is 5.82 Å². The second kappa shape index (κ2) is 6.54. The van der Waals surface area contributed by atoms with Crippen LogP contribution < -0.4 is 9.80 Å². The Bertz CT molecular complexity index is 941. The Morgan fingerprint density at radius 1 is 1.04 bits per heavy atom. The van der Waals surface area contributed by atoms with E-state index in [2.05, 4.69) is 41.7 Å². The summed E-state index contributed by atoms with van der Waals surface area (Å²) in [6.07, 6.45) is 6.85. The molecule has 6 heteroatoms. The molecule has 0 bridgehead atoms. The lowest BCUT2D eigenvalue weighted by atomic mass is 10.0. The van der Waals surface area contributed by atoms with Gasteiger partial charge in [-0.05, 0) is 45.0 Å². The third-order valence-corrected chi connectivity index (χ3v) is 4.83. The molecule has 1 amide bonds. The number of carbonyl (C=O) groups excluding carboxylic acids is 1. The summed E-state index contributed by atoms with van der Waals surface area (Å²) in [5.74, 6) is 0.711. The third-order valence-electron chi connectivity index (χ3n) is 4.83. The van der Waals surface area contributed by atoms with Crippen molar-refractivity contribution in [2.45, 2.75) is 26.3 Å². The largest absolute Gasteiger partial charge is 0.363 e. The van der Waals surface area contributed by atoms with E-state index in [1.54, 1.807) is 18.7 Å². The number of hydrogen-bond acceptors (Lipinski definition) is 4. The molecule has 0 saturated heterocycles. The van der Waals surface area contributed by atoms with E-state index >= 15 is 0 Å². The number of amides is 1. The van der Waals surface area contributed by atoms with Crippen LogP contribution in [0.1, 0.15) is 31.1 Å². The fourth-order valence-electron chi connectivity index (χ4n) is 3.49. The molecule has 3 heterocycles. The second-order valence-electron chi connectivity index (χ2n) is 7.64. The molecule has 1 aliphatic heterocycles. The number of anilines is 2. The molecule has 0 fully saturated rings. The minimum absolute atomic E-state index is 0.000750. The molecule has 0 atom stereocenters. The molecule has 4 rings (SSSR count). The van der Waals surface area contributed by atoms with E-state index in [4.69, 9.17) is 0 Å². The quantitative estimate of drug-likeness (QED) is 0.701. The van der Waals surface area contributed by atoms with Gasteiger partial charge in [0.2, 0.25) is 0 Å². The monoisotopic (exact) mass is 361 g/mol. The number of fused-ring (bicyclic) bond motifs is 1. The summed E-state index contributed by atoms with van der Waals surface area (Å²) in [6.45, 7) is 8.03. The molecule has 0 spiro atoms. The molecular formula is C21H23N5O. The number of aromatic nitrogens is 3. The van der Waals surface area contributed by atoms with Crippen LogP contribution in [0, 0.1) is 0 Å². The molecule has 0 saturated carbocycles. The Balaban J connectivity index is 1.64. The Labute approximate surface area is 159 Å². The van der Waals surface area contributed by atoms with Crippen LogP contribution in [-0.2, 0) is 0 Å². The van der Waals surface area contributed by atoms with Gasteiger partial charge in [0.05, 0.1) is 16.9 Å². The van der Waals surface area contributed by atoms with E-state index in [1.165, 1.54) is 0 Å². The van der Waals surface area contributed by atoms with Crippen LogP contribution in [0.4, 0.5) is 11.4 Å². The highest BCUT2D eigenvalue weighted by Crippen LogP contribution is 2.37. The van der Waals surface area contributed by atoms with Crippen molar-refractivity contribution in [1.82, 2.24) is 14.5 Å². The van der Waals surface area contributed by atoms with Crippen LogP contribution in [0.25, 0.3) is 5.82 Å².